The molecule has 6 nitrogen and oxygen atoms in total. The van der Waals surface area contributed by atoms with E-state index < -0.39 is 0 Å². The predicted molar refractivity (Wildman–Crippen MR) is 91.3 cm³/mol. The zero-order chi connectivity index (χ0) is 17.4. The van der Waals surface area contributed by atoms with E-state index in [1.54, 1.807) is 63.8 Å². The summed E-state index contributed by atoms with van der Waals surface area (Å²) in [6.45, 7) is 0.973. The van der Waals surface area contributed by atoms with Gasteiger partial charge in [-0.15, -0.1) is 0 Å². The molecule has 0 atom stereocenters. The van der Waals surface area contributed by atoms with Gasteiger partial charge in [-0.1, -0.05) is 0 Å². The topological polar surface area (TPSA) is 66.0 Å². The maximum absolute atomic E-state index is 12.4. The van der Waals surface area contributed by atoms with E-state index in [1.807, 2.05) is 0 Å². The molecule has 24 heavy (non-hydrogen) atoms. The summed E-state index contributed by atoms with van der Waals surface area (Å²) in [7, 11) is 4.73. The zero-order valence-corrected chi connectivity index (χ0v) is 14.0. The van der Waals surface area contributed by atoms with Gasteiger partial charge < -0.3 is 24.3 Å². The highest BCUT2D eigenvalue weighted by Gasteiger charge is 2.11. The average Bonchev–Trinajstić information content (AvgIpc) is 2.62. The molecule has 0 saturated carbocycles. The van der Waals surface area contributed by atoms with Crippen molar-refractivity contribution in [3.63, 3.8) is 0 Å². The van der Waals surface area contributed by atoms with Gasteiger partial charge in [-0.3, -0.25) is 4.79 Å². The van der Waals surface area contributed by atoms with Gasteiger partial charge in [0.05, 0.1) is 26.5 Å². The molecule has 128 valence electrons. The van der Waals surface area contributed by atoms with Gasteiger partial charge in [0, 0.05) is 18.7 Å². The Hall–Kier alpha value is -2.73. The Morgan fingerprint density at radius 2 is 1.62 bits per heavy atom. The van der Waals surface area contributed by atoms with Gasteiger partial charge in [0.2, 0.25) is 0 Å². The van der Waals surface area contributed by atoms with Gasteiger partial charge in [-0.2, -0.15) is 0 Å². The van der Waals surface area contributed by atoms with Crippen LogP contribution in [0.1, 0.15) is 10.4 Å². The SMILES string of the molecule is COCCOc1ccc(C(=O)Nc2cc(OC)ccc2OC)cc1. The van der Waals surface area contributed by atoms with Crippen molar-refractivity contribution in [1.29, 1.82) is 0 Å². The Morgan fingerprint density at radius 3 is 2.25 bits per heavy atom. The molecule has 0 aliphatic rings. The first-order valence-electron chi connectivity index (χ1n) is 7.43. The highest BCUT2D eigenvalue weighted by atomic mass is 16.5. The Morgan fingerprint density at radius 1 is 0.917 bits per heavy atom. The average molecular weight is 331 g/mol. The second-order valence-electron chi connectivity index (χ2n) is 4.89. The number of hydrogen-bond acceptors (Lipinski definition) is 5. The van der Waals surface area contributed by atoms with Gasteiger partial charge in [0.25, 0.3) is 5.91 Å². The van der Waals surface area contributed by atoms with Crippen molar-refractivity contribution in [2.45, 2.75) is 0 Å². The minimum atomic E-state index is -0.245. The van der Waals surface area contributed by atoms with E-state index in [2.05, 4.69) is 5.32 Å². The normalized spacial score (nSPS) is 10.1. The van der Waals surface area contributed by atoms with Crippen molar-refractivity contribution < 1.29 is 23.7 Å². The van der Waals surface area contributed by atoms with Gasteiger partial charge in [-0.25, -0.2) is 0 Å². The lowest BCUT2D eigenvalue weighted by Crippen LogP contribution is -2.13. The van der Waals surface area contributed by atoms with Crippen LogP contribution in [0.15, 0.2) is 42.5 Å². The Bertz CT molecular complexity index is 670. The maximum atomic E-state index is 12.4. The lowest BCUT2D eigenvalue weighted by Gasteiger charge is -2.12. The Labute approximate surface area is 141 Å². The van der Waals surface area contributed by atoms with E-state index in [4.69, 9.17) is 18.9 Å². The number of hydrogen-bond donors (Lipinski definition) is 1. The molecule has 0 saturated heterocycles. The highest BCUT2D eigenvalue weighted by molar-refractivity contribution is 6.05. The third kappa shape index (κ3) is 4.63. The third-order valence-electron chi connectivity index (χ3n) is 3.33. The summed E-state index contributed by atoms with van der Waals surface area (Å²) in [5.74, 6) is 1.63. The predicted octanol–water partition coefficient (Wildman–Crippen LogP) is 2.98. The lowest BCUT2D eigenvalue weighted by molar-refractivity contribution is 0.102. The van der Waals surface area contributed by atoms with Crippen LogP contribution in [-0.2, 0) is 4.74 Å². The molecule has 2 aromatic carbocycles. The summed E-state index contributed by atoms with van der Waals surface area (Å²) >= 11 is 0. The molecule has 0 radical (unpaired) electrons. The number of carbonyl (C=O) groups excluding carboxylic acids is 1. The van der Waals surface area contributed by atoms with Gasteiger partial charge in [0.15, 0.2) is 0 Å². The summed E-state index contributed by atoms with van der Waals surface area (Å²) < 4.78 is 20.8. The Balaban J connectivity index is 2.06. The number of carbonyl (C=O) groups is 1. The molecule has 0 heterocycles. The molecule has 0 aliphatic heterocycles. The van der Waals surface area contributed by atoms with Crippen LogP contribution < -0.4 is 19.5 Å². The highest BCUT2D eigenvalue weighted by Crippen LogP contribution is 2.29. The second kappa shape index (κ2) is 8.79. The van der Waals surface area contributed by atoms with E-state index in [1.165, 1.54) is 0 Å². The first-order valence-corrected chi connectivity index (χ1v) is 7.43. The standard InChI is InChI=1S/C18H21NO5/c1-21-10-11-24-14-6-4-13(5-7-14)18(20)19-16-12-15(22-2)8-9-17(16)23-3/h4-9,12H,10-11H2,1-3H3,(H,19,20). The van der Waals surface area contributed by atoms with E-state index >= 15 is 0 Å². The molecule has 1 amide bonds. The zero-order valence-electron chi connectivity index (χ0n) is 14.0. The lowest BCUT2D eigenvalue weighted by atomic mass is 10.2. The fourth-order valence-corrected chi connectivity index (χ4v) is 2.05. The molecule has 0 bridgehead atoms. The van der Waals surface area contributed by atoms with Gasteiger partial charge in [0.1, 0.15) is 23.9 Å². The summed E-state index contributed by atoms with van der Waals surface area (Å²) in [4.78, 5) is 12.4. The number of benzene rings is 2. The van der Waals surface area contributed by atoms with Crippen molar-refractivity contribution in [2.75, 3.05) is 39.9 Å². The van der Waals surface area contributed by atoms with Crippen molar-refractivity contribution in [2.24, 2.45) is 0 Å². The molecule has 2 rings (SSSR count). The molecule has 6 heteroatoms. The molecule has 0 fully saturated rings. The molecule has 2 aromatic rings. The minimum Gasteiger partial charge on any atom is -0.497 e. The van der Waals surface area contributed by atoms with Crippen LogP contribution in [0.2, 0.25) is 0 Å². The number of rotatable bonds is 8. The molecule has 0 spiro atoms. The van der Waals surface area contributed by atoms with E-state index in [0.717, 1.165) is 0 Å². The van der Waals surface area contributed by atoms with Crippen LogP contribution in [-0.4, -0.2) is 40.5 Å². The van der Waals surface area contributed by atoms with Crippen LogP contribution in [0.3, 0.4) is 0 Å². The van der Waals surface area contributed by atoms with Crippen LogP contribution in [0, 0.1) is 0 Å². The fourth-order valence-electron chi connectivity index (χ4n) is 2.05. The van der Waals surface area contributed by atoms with Gasteiger partial charge >= 0.3 is 0 Å². The number of methoxy groups -OCH3 is 3. The Kier molecular flexibility index (Phi) is 6.45. The van der Waals surface area contributed by atoms with Crippen molar-refractivity contribution in [3.8, 4) is 17.2 Å². The largest absolute Gasteiger partial charge is 0.497 e. The molecule has 0 unspecified atom stereocenters. The first-order chi connectivity index (χ1) is 11.7. The van der Waals surface area contributed by atoms with Crippen LogP contribution >= 0.6 is 0 Å². The van der Waals surface area contributed by atoms with Gasteiger partial charge in [-0.05, 0) is 36.4 Å². The second-order valence-corrected chi connectivity index (χ2v) is 4.89. The fraction of sp³-hybridized carbons (Fsp3) is 0.278. The minimum absolute atomic E-state index is 0.245. The van der Waals surface area contributed by atoms with Crippen LogP contribution in [0.4, 0.5) is 5.69 Å². The number of amides is 1. The molecular weight excluding hydrogens is 310 g/mol. The molecular formula is C18H21NO5. The molecule has 0 aliphatic carbocycles. The summed E-state index contributed by atoms with van der Waals surface area (Å²) in [6.07, 6.45) is 0. The monoisotopic (exact) mass is 331 g/mol. The van der Waals surface area contributed by atoms with E-state index in [9.17, 15) is 4.79 Å². The van der Waals surface area contributed by atoms with Crippen molar-refractivity contribution in [3.05, 3.63) is 48.0 Å². The quantitative estimate of drug-likeness (QED) is 0.753. The van der Waals surface area contributed by atoms with E-state index in [-0.39, 0.29) is 5.91 Å². The molecule has 0 aromatic heterocycles. The van der Waals surface area contributed by atoms with Crippen LogP contribution in [0.5, 0.6) is 17.2 Å². The summed E-state index contributed by atoms with van der Waals surface area (Å²) in [5.41, 5.74) is 1.06. The third-order valence-corrected chi connectivity index (χ3v) is 3.33. The summed E-state index contributed by atoms with van der Waals surface area (Å²) in [6, 6.07) is 12.1. The summed E-state index contributed by atoms with van der Waals surface area (Å²) in [5, 5.41) is 2.82. The van der Waals surface area contributed by atoms with Crippen molar-refractivity contribution in [1.82, 2.24) is 0 Å². The number of anilines is 1. The van der Waals surface area contributed by atoms with Crippen molar-refractivity contribution >= 4 is 11.6 Å². The number of nitrogens with one attached hydrogen (secondary N) is 1. The van der Waals surface area contributed by atoms with Crippen LogP contribution in [0.25, 0.3) is 0 Å². The maximum Gasteiger partial charge on any atom is 0.255 e. The first kappa shape index (κ1) is 17.6. The smallest absolute Gasteiger partial charge is 0.255 e. The van der Waals surface area contributed by atoms with E-state index in [0.29, 0.717) is 41.7 Å². The number of ether oxygens (including phenoxy) is 4. The molecule has 1 N–H and O–H groups in total.